The minimum absolute atomic E-state index is 0.385. The van der Waals surface area contributed by atoms with Crippen molar-refractivity contribution in [1.29, 1.82) is 0 Å². The molecular weight excluding hydrogens is 220 g/mol. The van der Waals surface area contributed by atoms with E-state index in [1.54, 1.807) is 11.3 Å². The number of aryl methyl sites for hydroxylation is 1. The summed E-state index contributed by atoms with van der Waals surface area (Å²) in [6, 6.07) is 0.385. The number of aromatic nitrogens is 1. The molecule has 0 unspecified atom stereocenters. The number of hydrogen-bond acceptors (Lipinski definition) is 3. The first kappa shape index (κ1) is 13.0. The van der Waals surface area contributed by atoms with Gasteiger partial charge in [-0.05, 0) is 27.7 Å². The third-order valence-corrected chi connectivity index (χ3v) is 2.71. The Balaban J connectivity index is 2.56. The van der Waals surface area contributed by atoms with Gasteiger partial charge in [0.1, 0.15) is 5.01 Å². The molecular formula is C11H20N4S. The summed E-state index contributed by atoms with van der Waals surface area (Å²) in [6.07, 6.45) is 1.89. The van der Waals surface area contributed by atoms with Gasteiger partial charge in [0.05, 0.1) is 6.54 Å². The topological polar surface area (TPSA) is 49.3 Å². The quantitative estimate of drug-likeness (QED) is 0.624. The molecule has 0 atom stereocenters. The highest BCUT2D eigenvalue weighted by molar-refractivity contribution is 7.11. The summed E-state index contributed by atoms with van der Waals surface area (Å²) in [5.74, 6) is 0.852. The Hall–Kier alpha value is -1.10. The molecule has 1 aromatic rings. The molecule has 0 amide bonds. The van der Waals surface area contributed by atoms with Crippen LogP contribution in [0.2, 0.25) is 0 Å². The van der Waals surface area contributed by atoms with E-state index in [9.17, 15) is 0 Å². The lowest BCUT2D eigenvalue weighted by Gasteiger charge is -2.13. The minimum Gasteiger partial charge on any atom is -0.357 e. The first-order valence-electron chi connectivity index (χ1n) is 5.58. The molecule has 0 aliphatic carbocycles. The van der Waals surface area contributed by atoms with Crippen molar-refractivity contribution in [3.63, 3.8) is 0 Å². The predicted molar refractivity (Wildman–Crippen MR) is 69.9 cm³/mol. The van der Waals surface area contributed by atoms with Crippen LogP contribution in [0.5, 0.6) is 0 Å². The van der Waals surface area contributed by atoms with Crippen molar-refractivity contribution in [1.82, 2.24) is 15.6 Å². The molecule has 16 heavy (non-hydrogen) atoms. The van der Waals surface area contributed by atoms with E-state index in [1.807, 2.05) is 6.20 Å². The van der Waals surface area contributed by atoms with Crippen LogP contribution < -0.4 is 10.6 Å². The largest absolute Gasteiger partial charge is 0.357 e. The molecule has 0 saturated carbocycles. The van der Waals surface area contributed by atoms with Crippen LogP contribution in [0.3, 0.4) is 0 Å². The fourth-order valence-electron chi connectivity index (χ4n) is 1.21. The van der Waals surface area contributed by atoms with Gasteiger partial charge < -0.3 is 10.6 Å². The minimum atomic E-state index is 0.385. The van der Waals surface area contributed by atoms with Gasteiger partial charge in [0, 0.05) is 23.7 Å². The number of rotatable bonds is 4. The molecule has 5 heteroatoms. The molecule has 0 bridgehead atoms. The molecule has 1 rings (SSSR count). The Morgan fingerprint density at radius 1 is 1.56 bits per heavy atom. The summed E-state index contributed by atoms with van der Waals surface area (Å²) >= 11 is 1.69. The van der Waals surface area contributed by atoms with E-state index in [4.69, 9.17) is 0 Å². The maximum Gasteiger partial charge on any atom is 0.191 e. The first-order chi connectivity index (χ1) is 7.61. The van der Waals surface area contributed by atoms with Gasteiger partial charge in [-0.15, -0.1) is 11.3 Å². The molecule has 0 spiro atoms. The zero-order valence-electron chi connectivity index (χ0n) is 10.4. The van der Waals surface area contributed by atoms with Crippen molar-refractivity contribution < 1.29 is 0 Å². The summed E-state index contributed by atoms with van der Waals surface area (Å²) in [5, 5.41) is 7.53. The Morgan fingerprint density at radius 2 is 2.31 bits per heavy atom. The van der Waals surface area contributed by atoms with E-state index in [0.717, 1.165) is 17.5 Å². The maximum absolute atomic E-state index is 4.48. The van der Waals surface area contributed by atoms with Crippen molar-refractivity contribution in [3.8, 4) is 0 Å². The van der Waals surface area contributed by atoms with Crippen LogP contribution in [0.4, 0.5) is 0 Å². The van der Waals surface area contributed by atoms with Gasteiger partial charge in [0.2, 0.25) is 0 Å². The van der Waals surface area contributed by atoms with E-state index in [-0.39, 0.29) is 0 Å². The van der Waals surface area contributed by atoms with E-state index in [2.05, 4.69) is 48.3 Å². The number of nitrogens with zero attached hydrogens (tertiary/aromatic N) is 2. The van der Waals surface area contributed by atoms with Crippen molar-refractivity contribution in [2.45, 2.75) is 40.3 Å². The highest BCUT2D eigenvalue weighted by Gasteiger charge is 2.01. The normalized spacial score (nSPS) is 11.9. The number of hydrogen-bond donors (Lipinski definition) is 2. The maximum atomic E-state index is 4.48. The third kappa shape index (κ3) is 4.61. The van der Waals surface area contributed by atoms with E-state index >= 15 is 0 Å². The third-order valence-electron chi connectivity index (χ3n) is 1.81. The molecule has 4 nitrogen and oxygen atoms in total. The predicted octanol–water partition coefficient (Wildman–Crippen LogP) is 1.92. The summed E-state index contributed by atoms with van der Waals surface area (Å²) < 4.78 is 0. The number of nitrogens with one attached hydrogen (secondary N) is 2. The van der Waals surface area contributed by atoms with Crippen molar-refractivity contribution in [2.75, 3.05) is 6.54 Å². The zero-order valence-corrected chi connectivity index (χ0v) is 11.2. The number of guanidine groups is 1. The molecule has 0 aliphatic rings. The van der Waals surface area contributed by atoms with Crippen LogP contribution in [0.1, 0.15) is 30.7 Å². The second-order valence-electron chi connectivity index (χ2n) is 3.86. The standard InChI is InChI=1S/C11H20N4S/c1-5-12-11(15-8(2)3)14-7-10-13-6-9(4)16-10/h6,8H,5,7H2,1-4H3,(H2,12,14,15). The smallest absolute Gasteiger partial charge is 0.191 e. The summed E-state index contributed by atoms with van der Waals surface area (Å²) in [6.45, 7) is 9.82. The summed E-state index contributed by atoms with van der Waals surface area (Å²) in [5.41, 5.74) is 0. The SMILES string of the molecule is CCNC(=NCc1ncc(C)s1)NC(C)C. The summed E-state index contributed by atoms with van der Waals surface area (Å²) in [4.78, 5) is 9.99. The second kappa shape index (κ2) is 6.48. The Bertz CT molecular complexity index is 344. The Labute approximate surface area is 101 Å². The van der Waals surface area contributed by atoms with Gasteiger partial charge >= 0.3 is 0 Å². The average molecular weight is 240 g/mol. The van der Waals surface area contributed by atoms with Gasteiger partial charge in [-0.3, -0.25) is 0 Å². The van der Waals surface area contributed by atoms with Gasteiger partial charge in [-0.25, -0.2) is 9.98 Å². The highest BCUT2D eigenvalue weighted by Crippen LogP contribution is 2.11. The van der Waals surface area contributed by atoms with E-state index in [0.29, 0.717) is 12.6 Å². The van der Waals surface area contributed by atoms with Gasteiger partial charge in [0.25, 0.3) is 0 Å². The Morgan fingerprint density at radius 3 is 2.81 bits per heavy atom. The Kier molecular flexibility index (Phi) is 5.25. The van der Waals surface area contributed by atoms with Crippen LogP contribution in [0.25, 0.3) is 0 Å². The fraction of sp³-hybridized carbons (Fsp3) is 0.636. The number of aliphatic imine (C=N–C) groups is 1. The van der Waals surface area contributed by atoms with Crippen LogP contribution in [0.15, 0.2) is 11.2 Å². The lowest BCUT2D eigenvalue weighted by molar-refractivity contribution is 0.700. The monoisotopic (exact) mass is 240 g/mol. The first-order valence-corrected chi connectivity index (χ1v) is 6.39. The molecule has 0 aliphatic heterocycles. The molecule has 0 fully saturated rings. The van der Waals surface area contributed by atoms with Crippen molar-refractivity contribution >= 4 is 17.3 Å². The molecule has 1 heterocycles. The molecule has 0 saturated heterocycles. The van der Waals surface area contributed by atoms with E-state index < -0.39 is 0 Å². The van der Waals surface area contributed by atoms with Crippen LogP contribution in [-0.2, 0) is 6.54 Å². The van der Waals surface area contributed by atoms with Crippen molar-refractivity contribution in [3.05, 3.63) is 16.1 Å². The highest BCUT2D eigenvalue weighted by atomic mass is 32.1. The molecule has 0 radical (unpaired) electrons. The lowest BCUT2D eigenvalue weighted by Crippen LogP contribution is -2.40. The average Bonchev–Trinajstić information content (AvgIpc) is 2.60. The van der Waals surface area contributed by atoms with Crippen LogP contribution in [0, 0.1) is 6.92 Å². The molecule has 0 aromatic carbocycles. The molecule has 90 valence electrons. The lowest BCUT2D eigenvalue weighted by atomic mass is 10.4. The molecule has 1 aromatic heterocycles. The second-order valence-corrected chi connectivity index (χ2v) is 5.18. The van der Waals surface area contributed by atoms with Crippen molar-refractivity contribution in [2.24, 2.45) is 4.99 Å². The van der Waals surface area contributed by atoms with Crippen LogP contribution in [-0.4, -0.2) is 23.5 Å². The summed E-state index contributed by atoms with van der Waals surface area (Å²) in [7, 11) is 0. The van der Waals surface area contributed by atoms with Crippen LogP contribution >= 0.6 is 11.3 Å². The number of thiazole rings is 1. The zero-order chi connectivity index (χ0) is 12.0. The molecule has 2 N–H and O–H groups in total. The fourth-order valence-corrected chi connectivity index (χ4v) is 1.93. The van der Waals surface area contributed by atoms with E-state index in [1.165, 1.54) is 4.88 Å². The van der Waals surface area contributed by atoms with Gasteiger partial charge in [-0.2, -0.15) is 0 Å². The van der Waals surface area contributed by atoms with Gasteiger partial charge in [0.15, 0.2) is 5.96 Å². The van der Waals surface area contributed by atoms with Gasteiger partial charge in [-0.1, -0.05) is 0 Å².